The topological polar surface area (TPSA) is 0 Å². The molecule has 0 nitrogen and oxygen atoms in total. The lowest BCUT2D eigenvalue weighted by atomic mass is 9.86. The molecule has 4 atom stereocenters. The summed E-state index contributed by atoms with van der Waals surface area (Å²) in [5, 5.41) is 2.35. The molecule has 0 spiro atoms. The zero-order valence-corrected chi connectivity index (χ0v) is 9.51. The van der Waals surface area contributed by atoms with E-state index in [9.17, 15) is 0 Å². The summed E-state index contributed by atoms with van der Waals surface area (Å²) in [5.41, 5.74) is 0. The summed E-state index contributed by atoms with van der Waals surface area (Å²) in [5.74, 6) is 3.54. The van der Waals surface area contributed by atoms with Crippen LogP contribution in [0, 0.1) is 23.7 Å². The predicted octanol–water partition coefficient (Wildman–Crippen LogP) is 3.21. The van der Waals surface area contributed by atoms with Crippen molar-refractivity contribution in [1.82, 2.24) is 0 Å². The van der Waals surface area contributed by atoms with Crippen LogP contribution < -0.4 is 0 Å². The molecule has 0 aromatic rings. The Kier molecular flexibility index (Phi) is 2.43. The number of fused-ring (bicyclic) bond motifs is 2. The minimum absolute atomic E-state index is 0.877. The summed E-state index contributed by atoms with van der Waals surface area (Å²) in [4.78, 5) is 0. The highest BCUT2D eigenvalue weighted by Crippen LogP contribution is 2.49. The van der Waals surface area contributed by atoms with Gasteiger partial charge in [0.25, 0.3) is 0 Å². The highest BCUT2D eigenvalue weighted by molar-refractivity contribution is 9.09. The fraction of sp³-hybridized carbons (Fsp3) is 0.778. The molecule has 0 heterocycles. The molecule has 62 valence electrons. The average Bonchev–Trinajstić information content (AvgIpc) is 2.60. The third-order valence-electron chi connectivity index (χ3n) is 3.16. The molecular weight excluding hydrogens is 268 g/mol. The number of rotatable bonds is 2. The summed E-state index contributed by atoms with van der Waals surface area (Å²) in [6.07, 6.45) is 6.23. The van der Waals surface area contributed by atoms with Crippen LogP contribution in [0.5, 0.6) is 0 Å². The van der Waals surface area contributed by atoms with Gasteiger partial charge < -0.3 is 0 Å². The molecule has 0 N–H and O–H groups in total. The van der Waals surface area contributed by atoms with Gasteiger partial charge in [-0.15, -0.1) is 0 Å². The van der Waals surface area contributed by atoms with Crippen LogP contribution in [0.1, 0.15) is 6.42 Å². The summed E-state index contributed by atoms with van der Waals surface area (Å²) in [6.45, 7) is 0. The molecule has 2 bridgehead atoms. The van der Waals surface area contributed by atoms with Gasteiger partial charge in [0.15, 0.2) is 0 Å². The van der Waals surface area contributed by atoms with Crippen LogP contribution >= 0.6 is 31.9 Å². The Morgan fingerprint density at radius 2 is 1.45 bits per heavy atom. The summed E-state index contributed by atoms with van der Waals surface area (Å²) >= 11 is 7.21. The molecule has 2 aliphatic rings. The van der Waals surface area contributed by atoms with E-state index >= 15 is 0 Å². The molecule has 0 radical (unpaired) electrons. The lowest BCUT2D eigenvalue weighted by molar-refractivity contribution is 0.381. The van der Waals surface area contributed by atoms with Gasteiger partial charge >= 0.3 is 0 Å². The molecule has 11 heavy (non-hydrogen) atoms. The largest absolute Gasteiger partial charge is 0.0925 e. The van der Waals surface area contributed by atoms with E-state index in [4.69, 9.17) is 0 Å². The molecule has 4 unspecified atom stereocenters. The first kappa shape index (κ1) is 8.31. The van der Waals surface area contributed by atoms with Gasteiger partial charge in [-0.2, -0.15) is 0 Å². The van der Waals surface area contributed by atoms with Crippen molar-refractivity contribution in [2.75, 3.05) is 10.7 Å². The van der Waals surface area contributed by atoms with Gasteiger partial charge in [0.2, 0.25) is 0 Å². The second-order valence-electron chi connectivity index (χ2n) is 3.58. The zero-order chi connectivity index (χ0) is 7.84. The van der Waals surface area contributed by atoms with Crippen LogP contribution in [0.3, 0.4) is 0 Å². The van der Waals surface area contributed by atoms with Crippen molar-refractivity contribution < 1.29 is 0 Å². The molecule has 2 rings (SSSR count). The third-order valence-corrected chi connectivity index (χ3v) is 4.65. The van der Waals surface area contributed by atoms with E-state index in [0.29, 0.717) is 0 Å². The highest BCUT2D eigenvalue weighted by Gasteiger charge is 2.42. The molecule has 1 saturated carbocycles. The Hall–Kier alpha value is 0.700. The van der Waals surface area contributed by atoms with Crippen LogP contribution in [0.4, 0.5) is 0 Å². The molecule has 1 fully saturated rings. The Balaban J connectivity index is 2.15. The Bertz CT molecular complexity index is 158. The second kappa shape index (κ2) is 3.21. The molecule has 2 heteroatoms. The van der Waals surface area contributed by atoms with Crippen molar-refractivity contribution in [3.63, 3.8) is 0 Å². The fourth-order valence-corrected chi connectivity index (χ4v) is 4.41. The monoisotopic (exact) mass is 278 g/mol. The quantitative estimate of drug-likeness (QED) is 0.538. The predicted molar refractivity (Wildman–Crippen MR) is 55.3 cm³/mol. The Morgan fingerprint density at radius 1 is 1.00 bits per heavy atom. The van der Waals surface area contributed by atoms with Gasteiger partial charge in [-0.25, -0.2) is 0 Å². The first-order valence-electron chi connectivity index (χ1n) is 4.17. The molecule has 0 aliphatic heterocycles. The van der Waals surface area contributed by atoms with Crippen molar-refractivity contribution in [2.24, 2.45) is 23.7 Å². The third kappa shape index (κ3) is 1.23. The van der Waals surface area contributed by atoms with Gasteiger partial charge in [-0.1, -0.05) is 44.0 Å². The Morgan fingerprint density at radius 3 is 1.82 bits per heavy atom. The zero-order valence-electron chi connectivity index (χ0n) is 6.34. The van der Waals surface area contributed by atoms with Gasteiger partial charge in [-0.3, -0.25) is 0 Å². The van der Waals surface area contributed by atoms with Crippen LogP contribution in [-0.2, 0) is 0 Å². The van der Waals surface area contributed by atoms with E-state index in [1.165, 1.54) is 17.1 Å². The highest BCUT2D eigenvalue weighted by atomic mass is 79.9. The smallest absolute Gasteiger partial charge is 0.00684 e. The summed E-state index contributed by atoms with van der Waals surface area (Å²) in [7, 11) is 0. The summed E-state index contributed by atoms with van der Waals surface area (Å²) in [6, 6.07) is 0. The van der Waals surface area contributed by atoms with Crippen LogP contribution in [0.2, 0.25) is 0 Å². The van der Waals surface area contributed by atoms with E-state index in [1.807, 2.05) is 0 Å². The first-order valence-corrected chi connectivity index (χ1v) is 6.41. The standard InChI is InChI=1S/C9H12Br2/c10-4-8-6-1-2-7(3-6)9(8)5-11/h1-2,6-9H,3-5H2. The van der Waals surface area contributed by atoms with E-state index in [1.54, 1.807) is 0 Å². The number of hydrogen-bond donors (Lipinski definition) is 0. The van der Waals surface area contributed by atoms with Crippen LogP contribution in [-0.4, -0.2) is 10.7 Å². The van der Waals surface area contributed by atoms with E-state index in [0.717, 1.165) is 23.7 Å². The number of allylic oxidation sites excluding steroid dienone is 2. The van der Waals surface area contributed by atoms with E-state index in [-0.39, 0.29) is 0 Å². The minimum atomic E-state index is 0.877. The van der Waals surface area contributed by atoms with Gasteiger partial charge in [0.1, 0.15) is 0 Å². The Labute approximate surface area is 84.7 Å². The summed E-state index contributed by atoms with van der Waals surface area (Å²) < 4.78 is 0. The van der Waals surface area contributed by atoms with Gasteiger partial charge in [0.05, 0.1) is 0 Å². The van der Waals surface area contributed by atoms with E-state index < -0.39 is 0 Å². The molecule has 2 aliphatic carbocycles. The van der Waals surface area contributed by atoms with Crippen molar-refractivity contribution in [3.05, 3.63) is 12.2 Å². The SMILES string of the molecule is BrCC1C2C=CC(C2)C1CBr. The van der Waals surface area contributed by atoms with Crippen molar-refractivity contribution in [1.29, 1.82) is 0 Å². The number of halogens is 2. The number of alkyl halides is 2. The molecule has 0 amide bonds. The number of hydrogen-bond acceptors (Lipinski definition) is 0. The molecule has 0 aromatic carbocycles. The van der Waals surface area contributed by atoms with Gasteiger partial charge in [0, 0.05) is 10.7 Å². The van der Waals surface area contributed by atoms with Crippen molar-refractivity contribution >= 4 is 31.9 Å². The van der Waals surface area contributed by atoms with E-state index in [2.05, 4.69) is 44.0 Å². The van der Waals surface area contributed by atoms with Crippen molar-refractivity contribution in [2.45, 2.75) is 6.42 Å². The second-order valence-corrected chi connectivity index (χ2v) is 4.88. The maximum atomic E-state index is 3.60. The minimum Gasteiger partial charge on any atom is -0.0925 e. The normalized spacial score (nSPS) is 47.1. The van der Waals surface area contributed by atoms with Crippen molar-refractivity contribution in [3.8, 4) is 0 Å². The average molecular weight is 280 g/mol. The van der Waals surface area contributed by atoms with Gasteiger partial charge in [-0.05, 0) is 30.1 Å². The maximum absolute atomic E-state index is 3.60. The lowest BCUT2D eigenvalue weighted by Gasteiger charge is -2.24. The van der Waals surface area contributed by atoms with Crippen LogP contribution in [0.15, 0.2) is 12.2 Å². The first-order chi connectivity index (χ1) is 5.36. The molecular formula is C9H12Br2. The van der Waals surface area contributed by atoms with Crippen LogP contribution in [0.25, 0.3) is 0 Å². The maximum Gasteiger partial charge on any atom is 0.00684 e. The lowest BCUT2D eigenvalue weighted by Crippen LogP contribution is -2.21. The fourth-order valence-electron chi connectivity index (χ4n) is 2.48. The molecule has 0 aromatic heterocycles. The molecule has 0 saturated heterocycles.